The molecule has 0 saturated heterocycles. The third-order valence-corrected chi connectivity index (χ3v) is 7.66. The van der Waals surface area contributed by atoms with Crippen LogP contribution in [0.5, 0.6) is 0 Å². The Morgan fingerprint density at radius 2 is 1.79 bits per heavy atom. The first-order valence-corrected chi connectivity index (χ1v) is 13.8. The predicted molar refractivity (Wildman–Crippen MR) is 167 cm³/mol. The van der Waals surface area contributed by atoms with Crippen LogP contribution in [-0.2, 0) is 6.54 Å². The van der Waals surface area contributed by atoms with Crippen LogP contribution in [0.1, 0.15) is 23.7 Å². The molecular weight excluding hydrogens is 526 g/mol. The van der Waals surface area contributed by atoms with Crippen LogP contribution >= 0.6 is 0 Å². The monoisotopic (exact) mass is 555 g/mol. The SMILES string of the molecule is CCNc1nc2ccc(-c3nn(Cc4cc5cccc(C)c5c(=O)n4-c4ccccc4C)c4ncnc(N)c34)cc2[nH]1. The first-order valence-electron chi connectivity index (χ1n) is 13.8. The molecule has 0 spiro atoms. The molecule has 0 fully saturated rings. The van der Waals surface area contributed by atoms with Crippen molar-refractivity contribution < 1.29 is 0 Å². The van der Waals surface area contributed by atoms with Crippen LogP contribution in [0, 0.1) is 13.8 Å². The largest absolute Gasteiger partial charge is 0.383 e. The molecule has 7 aromatic rings. The molecule has 3 aromatic carbocycles. The summed E-state index contributed by atoms with van der Waals surface area (Å²) < 4.78 is 3.59. The fourth-order valence-electron chi connectivity index (χ4n) is 5.69. The summed E-state index contributed by atoms with van der Waals surface area (Å²) in [7, 11) is 0. The number of aromatic nitrogens is 7. The Hall–Kier alpha value is -5.51. The van der Waals surface area contributed by atoms with E-state index >= 15 is 0 Å². The van der Waals surface area contributed by atoms with Gasteiger partial charge in [0.15, 0.2) is 5.65 Å². The van der Waals surface area contributed by atoms with Crippen molar-refractivity contribution in [3.05, 3.63) is 100 Å². The van der Waals surface area contributed by atoms with E-state index in [4.69, 9.17) is 10.8 Å². The third-order valence-electron chi connectivity index (χ3n) is 7.66. The van der Waals surface area contributed by atoms with Crippen LogP contribution in [-0.4, -0.2) is 40.8 Å². The van der Waals surface area contributed by atoms with E-state index in [0.29, 0.717) is 33.9 Å². The molecular formula is C32H29N9O. The molecule has 7 rings (SSSR count). The maximum absolute atomic E-state index is 14.1. The molecule has 0 amide bonds. The van der Waals surface area contributed by atoms with E-state index in [2.05, 4.69) is 31.3 Å². The van der Waals surface area contributed by atoms with Crippen molar-refractivity contribution in [2.75, 3.05) is 17.6 Å². The first kappa shape index (κ1) is 25.5. The molecule has 0 unspecified atom stereocenters. The van der Waals surface area contributed by atoms with Gasteiger partial charge in [-0.1, -0.05) is 42.5 Å². The van der Waals surface area contributed by atoms with Crippen molar-refractivity contribution in [1.82, 2.24) is 34.3 Å². The number of nitrogen functional groups attached to an aromatic ring is 1. The van der Waals surface area contributed by atoms with Gasteiger partial charge in [-0.15, -0.1) is 0 Å². The van der Waals surface area contributed by atoms with Gasteiger partial charge in [0.2, 0.25) is 5.95 Å². The second kappa shape index (κ2) is 9.84. The van der Waals surface area contributed by atoms with Crippen molar-refractivity contribution in [3.8, 4) is 16.9 Å². The summed E-state index contributed by atoms with van der Waals surface area (Å²) in [5.74, 6) is 1.05. The Morgan fingerprint density at radius 1 is 0.952 bits per heavy atom. The lowest BCUT2D eigenvalue weighted by atomic mass is 10.1. The molecule has 4 heterocycles. The molecule has 10 nitrogen and oxygen atoms in total. The Labute approximate surface area is 240 Å². The lowest BCUT2D eigenvalue weighted by Gasteiger charge is -2.17. The first-order chi connectivity index (χ1) is 20.4. The molecule has 208 valence electrons. The number of nitrogens with zero attached hydrogens (tertiary/aromatic N) is 6. The van der Waals surface area contributed by atoms with Crippen LogP contribution in [0.2, 0.25) is 0 Å². The fourth-order valence-corrected chi connectivity index (χ4v) is 5.69. The van der Waals surface area contributed by atoms with E-state index in [0.717, 1.165) is 51.0 Å². The smallest absolute Gasteiger partial charge is 0.263 e. The minimum atomic E-state index is -0.0677. The van der Waals surface area contributed by atoms with E-state index < -0.39 is 0 Å². The van der Waals surface area contributed by atoms with E-state index in [1.54, 1.807) is 9.25 Å². The van der Waals surface area contributed by atoms with Gasteiger partial charge in [0, 0.05) is 17.8 Å². The molecule has 42 heavy (non-hydrogen) atoms. The second-order valence-electron chi connectivity index (χ2n) is 10.4. The van der Waals surface area contributed by atoms with Crippen molar-refractivity contribution in [3.63, 3.8) is 0 Å². The van der Waals surface area contributed by atoms with Gasteiger partial charge in [0.05, 0.1) is 34.0 Å². The quantitative estimate of drug-likeness (QED) is 0.252. The number of hydrogen-bond donors (Lipinski definition) is 3. The molecule has 4 aromatic heterocycles. The molecule has 0 aliphatic rings. The van der Waals surface area contributed by atoms with E-state index in [1.807, 2.05) is 81.4 Å². The minimum absolute atomic E-state index is 0.0677. The van der Waals surface area contributed by atoms with E-state index in [-0.39, 0.29) is 12.1 Å². The third kappa shape index (κ3) is 4.07. The van der Waals surface area contributed by atoms with Crippen LogP contribution in [0.4, 0.5) is 11.8 Å². The number of pyridine rings is 1. The van der Waals surface area contributed by atoms with Crippen LogP contribution in [0.25, 0.3) is 49.8 Å². The standard InChI is InChI=1S/C32H29N9O/c1-4-34-32-37-23-13-12-21(15-24(23)38-32)28-27-29(33)35-17-36-30(27)40(39-28)16-22-14-20-10-7-9-19(3)26(20)31(42)41(22)25-11-6-5-8-18(25)2/h5-15,17H,4,16H2,1-3H3,(H2,33,35,36)(H2,34,37,38). The highest BCUT2D eigenvalue weighted by atomic mass is 16.1. The average Bonchev–Trinajstić information content (AvgIpc) is 3.55. The van der Waals surface area contributed by atoms with Crippen molar-refractivity contribution in [2.45, 2.75) is 27.3 Å². The Bertz CT molecular complexity index is 2210. The van der Waals surface area contributed by atoms with Gasteiger partial charge in [0.25, 0.3) is 5.56 Å². The highest BCUT2D eigenvalue weighted by Gasteiger charge is 2.21. The van der Waals surface area contributed by atoms with Crippen molar-refractivity contribution in [2.24, 2.45) is 0 Å². The topological polar surface area (TPSA) is 132 Å². The fraction of sp³-hybridized carbons (Fsp3) is 0.156. The number of anilines is 2. The highest BCUT2D eigenvalue weighted by Crippen LogP contribution is 2.32. The number of rotatable bonds is 6. The average molecular weight is 556 g/mol. The van der Waals surface area contributed by atoms with Gasteiger partial charge >= 0.3 is 0 Å². The molecule has 0 aliphatic heterocycles. The number of fused-ring (bicyclic) bond motifs is 3. The van der Waals surface area contributed by atoms with Crippen LogP contribution < -0.4 is 16.6 Å². The molecule has 10 heteroatoms. The van der Waals surface area contributed by atoms with E-state index in [1.165, 1.54) is 6.33 Å². The van der Waals surface area contributed by atoms with Gasteiger partial charge in [0.1, 0.15) is 17.8 Å². The summed E-state index contributed by atoms with van der Waals surface area (Å²) in [4.78, 5) is 30.9. The molecule has 0 bridgehead atoms. The zero-order valence-corrected chi connectivity index (χ0v) is 23.5. The number of aromatic amines is 1. The van der Waals surface area contributed by atoms with Gasteiger partial charge in [-0.3, -0.25) is 9.36 Å². The predicted octanol–water partition coefficient (Wildman–Crippen LogP) is 5.35. The zero-order chi connectivity index (χ0) is 29.0. The second-order valence-corrected chi connectivity index (χ2v) is 10.4. The minimum Gasteiger partial charge on any atom is -0.383 e. The summed E-state index contributed by atoms with van der Waals surface area (Å²) in [5.41, 5.74) is 13.7. The number of nitrogens with one attached hydrogen (secondary N) is 2. The molecule has 4 N–H and O–H groups in total. The van der Waals surface area contributed by atoms with Gasteiger partial charge in [-0.25, -0.2) is 19.6 Å². The zero-order valence-electron chi connectivity index (χ0n) is 23.5. The number of benzene rings is 3. The van der Waals surface area contributed by atoms with Crippen molar-refractivity contribution in [1.29, 1.82) is 0 Å². The molecule has 0 radical (unpaired) electrons. The number of hydrogen-bond acceptors (Lipinski definition) is 7. The summed E-state index contributed by atoms with van der Waals surface area (Å²) in [6.45, 7) is 7.05. The van der Waals surface area contributed by atoms with Gasteiger partial charge in [-0.05, 0) is 61.5 Å². The lowest BCUT2D eigenvalue weighted by Crippen LogP contribution is -2.25. The maximum atomic E-state index is 14.1. The number of nitrogens with two attached hydrogens (primary N) is 1. The Morgan fingerprint density at radius 3 is 2.62 bits per heavy atom. The number of imidazole rings is 1. The summed E-state index contributed by atoms with van der Waals surface area (Å²) in [6.07, 6.45) is 1.44. The Balaban J connectivity index is 1.44. The lowest BCUT2D eigenvalue weighted by molar-refractivity contribution is 0.671. The summed E-state index contributed by atoms with van der Waals surface area (Å²) >= 11 is 0. The molecule has 0 atom stereocenters. The summed E-state index contributed by atoms with van der Waals surface area (Å²) in [5, 5.41) is 10.5. The van der Waals surface area contributed by atoms with Crippen LogP contribution in [0.15, 0.2) is 77.9 Å². The molecule has 0 aliphatic carbocycles. The van der Waals surface area contributed by atoms with E-state index in [9.17, 15) is 4.79 Å². The Kier molecular flexibility index (Phi) is 5.97. The normalized spacial score (nSPS) is 11.6. The molecule has 0 saturated carbocycles. The summed E-state index contributed by atoms with van der Waals surface area (Å²) in [6, 6.07) is 21.8. The van der Waals surface area contributed by atoms with Gasteiger partial charge in [-0.2, -0.15) is 5.10 Å². The maximum Gasteiger partial charge on any atom is 0.263 e. The number of para-hydroxylation sites is 1. The number of H-pyrrole nitrogens is 1. The van der Waals surface area contributed by atoms with Crippen LogP contribution in [0.3, 0.4) is 0 Å². The van der Waals surface area contributed by atoms with Crippen molar-refractivity contribution >= 4 is 44.6 Å². The highest BCUT2D eigenvalue weighted by molar-refractivity contribution is 5.99. The number of aryl methyl sites for hydroxylation is 2. The van der Waals surface area contributed by atoms with Gasteiger partial charge < -0.3 is 16.0 Å².